The first kappa shape index (κ1) is 20.2. The van der Waals surface area contributed by atoms with Crippen molar-refractivity contribution in [3.8, 4) is 6.07 Å². The first-order valence-electron chi connectivity index (χ1n) is 6.94. The van der Waals surface area contributed by atoms with Crippen molar-refractivity contribution in [1.29, 1.82) is 5.26 Å². The number of pyridine rings is 1. The van der Waals surface area contributed by atoms with E-state index in [1.807, 2.05) is 0 Å². The third-order valence-electron chi connectivity index (χ3n) is 3.26. The quantitative estimate of drug-likeness (QED) is 0.552. The van der Waals surface area contributed by atoms with Crippen molar-refractivity contribution in [2.45, 2.75) is 23.4 Å². The van der Waals surface area contributed by atoms with Gasteiger partial charge in [0.05, 0.1) is 11.1 Å². The number of alkyl halides is 3. The summed E-state index contributed by atoms with van der Waals surface area (Å²) in [5.74, 6) is -1.74. The van der Waals surface area contributed by atoms with Gasteiger partial charge in [0, 0.05) is 15.7 Å². The van der Waals surface area contributed by atoms with Crippen molar-refractivity contribution < 1.29 is 22.4 Å². The highest BCUT2D eigenvalue weighted by Gasteiger charge is 2.36. The minimum absolute atomic E-state index is 0.00155. The maximum atomic E-state index is 14.2. The Kier molecular flexibility index (Phi) is 5.93. The average Bonchev–Trinajstić information content (AvgIpc) is 2.51. The fourth-order valence-electron chi connectivity index (χ4n) is 2.16. The maximum absolute atomic E-state index is 14.2. The molecule has 0 fully saturated rings. The standard InChI is InChI=1S/C16H10BrF4N3OS/c1-7-4-11(16(19,20)21)10(6-22)15(24-7)26-13(14(23)25)9-3-2-8(17)5-12(9)18/h2-5,13H,1H3,(H2,23,25)/t13-/m1/s1. The van der Waals surface area contributed by atoms with Crippen LogP contribution in [0, 0.1) is 24.1 Å². The number of aromatic nitrogens is 1. The molecule has 136 valence electrons. The first-order chi connectivity index (χ1) is 12.0. The summed E-state index contributed by atoms with van der Waals surface area (Å²) in [6, 6.07) is 6.05. The second-order valence-electron chi connectivity index (χ2n) is 5.17. The minimum Gasteiger partial charge on any atom is -0.368 e. The molecule has 0 spiro atoms. The smallest absolute Gasteiger partial charge is 0.368 e. The number of hydrogen-bond donors (Lipinski definition) is 1. The van der Waals surface area contributed by atoms with Gasteiger partial charge in [0.2, 0.25) is 5.91 Å². The van der Waals surface area contributed by atoms with Gasteiger partial charge in [0.15, 0.2) is 0 Å². The lowest BCUT2D eigenvalue weighted by molar-refractivity contribution is -0.138. The number of rotatable bonds is 4. The number of primary amides is 1. The molecule has 4 nitrogen and oxygen atoms in total. The fourth-order valence-corrected chi connectivity index (χ4v) is 3.62. The van der Waals surface area contributed by atoms with Gasteiger partial charge >= 0.3 is 6.18 Å². The Bertz CT molecular complexity index is 912. The van der Waals surface area contributed by atoms with Gasteiger partial charge in [-0.25, -0.2) is 9.37 Å². The summed E-state index contributed by atoms with van der Waals surface area (Å²) in [6.45, 7) is 1.32. The van der Waals surface area contributed by atoms with Crippen LogP contribution in [0.25, 0.3) is 0 Å². The molecule has 26 heavy (non-hydrogen) atoms. The summed E-state index contributed by atoms with van der Waals surface area (Å²) in [7, 11) is 0. The molecule has 0 bridgehead atoms. The van der Waals surface area contributed by atoms with Gasteiger partial charge in [0.25, 0.3) is 0 Å². The number of aryl methyl sites for hydroxylation is 1. The fraction of sp³-hybridized carbons (Fsp3) is 0.188. The summed E-state index contributed by atoms with van der Waals surface area (Å²) in [5, 5.41) is 7.47. The van der Waals surface area contributed by atoms with E-state index in [2.05, 4.69) is 20.9 Å². The highest BCUT2D eigenvalue weighted by Crippen LogP contribution is 2.41. The predicted octanol–water partition coefficient (Wildman–Crippen LogP) is 4.50. The Morgan fingerprint density at radius 3 is 2.54 bits per heavy atom. The van der Waals surface area contributed by atoms with E-state index in [-0.39, 0.29) is 16.3 Å². The summed E-state index contributed by atoms with van der Waals surface area (Å²) >= 11 is 3.57. The van der Waals surface area contributed by atoms with Crippen molar-refractivity contribution in [3.05, 3.63) is 56.9 Å². The Balaban J connectivity index is 2.59. The van der Waals surface area contributed by atoms with Gasteiger partial charge in [-0.05, 0) is 25.1 Å². The largest absolute Gasteiger partial charge is 0.417 e. The van der Waals surface area contributed by atoms with Crippen LogP contribution >= 0.6 is 27.7 Å². The number of carbonyl (C=O) groups is 1. The molecule has 0 radical (unpaired) electrons. The summed E-state index contributed by atoms with van der Waals surface area (Å²) in [6.07, 6.45) is -4.78. The van der Waals surface area contributed by atoms with Crippen LogP contribution in [0.3, 0.4) is 0 Å². The molecule has 1 aromatic carbocycles. The zero-order chi connectivity index (χ0) is 19.6. The Hall–Kier alpha value is -2.12. The molecule has 2 aromatic rings. The molecule has 0 saturated heterocycles. The number of benzene rings is 1. The van der Waals surface area contributed by atoms with Crippen LogP contribution in [0.1, 0.15) is 27.6 Å². The van der Waals surface area contributed by atoms with Crippen molar-refractivity contribution in [2.24, 2.45) is 5.73 Å². The molecule has 0 aliphatic rings. The van der Waals surface area contributed by atoms with Crippen molar-refractivity contribution in [3.63, 3.8) is 0 Å². The molecule has 2 rings (SSSR count). The second-order valence-corrected chi connectivity index (χ2v) is 7.18. The molecule has 0 saturated carbocycles. The maximum Gasteiger partial charge on any atom is 0.417 e. The van der Waals surface area contributed by atoms with E-state index in [0.717, 1.165) is 12.1 Å². The van der Waals surface area contributed by atoms with E-state index in [1.165, 1.54) is 25.1 Å². The van der Waals surface area contributed by atoms with E-state index < -0.39 is 34.3 Å². The van der Waals surface area contributed by atoms with E-state index in [0.29, 0.717) is 16.2 Å². The highest BCUT2D eigenvalue weighted by atomic mass is 79.9. The lowest BCUT2D eigenvalue weighted by Gasteiger charge is -2.17. The number of nitrogens with two attached hydrogens (primary N) is 1. The highest BCUT2D eigenvalue weighted by molar-refractivity contribution is 9.10. The van der Waals surface area contributed by atoms with E-state index in [9.17, 15) is 22.4 Å². The number of nitrogens with zero attached hydrogens (tertiary/aromatic N) is 2. The van der Waals surface area contributed by atoms with Crippen molar-refractivity contribution in [1.82, 2.24) is 4.98 Å². The minimum atomic E-state index is -4.78. The number of thioether (sulfide) groups is 1. The Labute approximate surface area is 158 Å². The lowest BCUT2D eigenvalue weighted by atomic mass is 10.1. The number of amides is 1. The van der Waals surface area contributed by atoms with Crippen LogP contribution in [0.2, 0.25) is 0 Å². The Morgan fingerprint density at radius 1 is 1.38 bits per heavy atom. The predicted molar refractivity (Wildman–Crippen MR) is 90.6 cm³/mol. The summed E-state index contributed by atoms with van der Waals surface area (Å²) < 4.78 is 54.1. The molecule has 1 heterocycles. The van der Waals surface area contributed by atoms with Crippen LogP contribution in [0.5, 0.6) is 0 Å². The molecular formula is C16H10BrF4N3OS. The summed E-state index contributed by atoms with van der Waals surface area (Å²) in [5.41, 5.74) is 3.27. The molecule has 0 unspecified atom stereocenters. The van der Waals surface area contributed by atoms with Gasteiger partial charge in [-0.1, -0.05) is 33.8 Å². The molecule has 10 heteroatoms. The van der Waals surface area contributed by atoms with Crippen molar-refractivity contribution >= 4 is 33.6 Å². The lowest BCUT2D eigenvalue weighted by Crippen LogP contribution is -2.20. The van der Waals surface area contributed by atoms with Gasteiger partial charge in [-0.3, -0.25) is 4.79 Å². The zero-order valence-electron chi connectivity index (χ0n) is 13.1. The normalized spacial score (nSPS) is 12.5. The average molecular weight is 448 g/mol. The number of halogens is 5. The third kappa shape index (κ3) is 4.34. The van der Waals surface area contributed by atoms with Crippen LogP contribution < -0.4 is 5.73 Å². The van der Waals surface area contributed by atoms with Gasteiger partial charge in [0.1, 0.15) is 22.2 Å². The van der Waals surface area contributed by atoms with Crippen LogP contribution in [0.15, 0.2) is 33.8 Å². The monoisotopic (exact) mass is 447 g/mol. The zero-order valence-corrected chi connectivity index (χ0v) is 15.5. The van der Waals surface area contributed by atoms with Gasteiger partial charge in [-0.2, -0.15) is 18.4 Å². The number of carbonyl (C=O) groups excluding carboxylic acids is 1. The van der Waals surface area contributed by atoms with E-state index in [1.54, 1.807) is 0 Å². The number of nitriles is 1. The van der Waals surface area contributed by atoms with Crippen LogP contribution in [0.4, 0.5) is 17.6 Å². The molecule has 2 N–H and O–H groups in total. The first-order valence-corrected chi connectivity index (χ1v) is 8.61. The van der Waals surface area contributed by atoms with Gasteiger partial charge < -0.3 is 5.73 Å². The Morgan fingerprint density at radius 2 is 2.04 bits per heavy atom. The molecular weight excluding hydrogens is 438 g/mol. The number of hydrogen-bond acceptors (Lipinski definition) is 4. The molecule has 1 atom stereocenters. The van der Waals surface area contributed by atoms with Crippen LogP contribution in [-0.2, 0) is 11.0 Å². The second kappa shape index (κ2) is 7.63. The topological polar surface area (TPSA) is 79.8 Å². The SMILES string of the molecule is Cc1cc(C(F)(F)F)c(C#N)c(S[C@@H](C(N)=O)c2ccc(Br)cc2F)n1. The summed E-state index contributed by atoms with van der Waals surface area (Å²) in [4.78, 5) is 15.7. The van der Waals surface area contributed by atoms with E-state index >= 15 is 0 Å². The van der Waals surface area contributed by atoms with Gasteiger partial charge in [-0.15, -0.1) is 0 Å². The molecule has 1 aromatic heterocycles. The third-order valence-corrected chi connectivity index (χ3v) is 5.00. The molecule has 0 aliphatic carbocycles. The van der Waals surface area contributed by atoms with E-state index in [4.69, 9.17) is 11.0 Å². The van der Waals surface area contributed by atoms with Crippen LogP contribution in [-0.4, -0.2) is 10.9 Å². The molecule has 1 amide bonds. The van der Waals surface area contributed by atoms with Crippen molar-refractivity contribution in [2.75, 3.05) is 0 Å². The molecule has 0 aliphatic heterocycles.